The van der Waals surface area contributed by atoms with E-state index in [2.05, 4.69) is 10.3 Å². The topological polar surface area (TPSA) is 64.1 Å². The fourth-order valence-electron chi connectivity index (χ4n) is 1.71. The van der Waals surface area contributed by atoms with Gasteiger partial charge in [0.25, 0.3) is 6.01 Å². The van der Waals surface area contributed by atoms with Crippen LogP contribution in [-0.2, 0) is 0 Å². The summed E-state index contributed by atoms with van der Waals surface area (Å²) in [6, 6.07) is 8.86. The second kappa shape index (κ2) is 4.24. The fourth-order valence-corrected chi connectivity index (χ4v) is 1.71. The van der Waals surface area contributed by atoms with Crippen LogP contribution in [0, 0.1) is 11.6 Å². The fraction of sp³-hybridized carbons (Fsp3) is 0. The number of nitrogen functional groups attached to an aromatic ring is 1. The normalized spacial score (nSPS) is 10.8. The van der Waals surface area contributed by atoms with Crippen LogP contribution in [0.25, 0.3) is 11.1 Å². The first-order valence-corrected chi connectivity index (χ1v) is 5.50. The van der Waals surface area contributed by atoms with Crippen molar-refractivity contribution >= 4 is 28.5 Å². The van der Waals surface area contributed by atoms with Crippen molar-refractivity contribution in [2.75, 3.05) is 11.1 Å². The van der Waals surface area contributed by atoms with E-state index in [0.29, 0.717) is 16.8 Å². The molecule has 0 aliphatic carbocycles. The Morgan fingerprint density at radius 1 is 1.16 bits per heavy atom. The van der Waals surface area contributed by atoms with E-state index in [1.165, 1.54) is 12.1 Å². The molecule has 0 fully saturated rings. The Bertz CT molecular complexity index is 755. The number of rotatable bonds is 2. The van der Waals surface area contributed by atoms with Crippen molar-refractivity contribution in [1.29, 1.82) is 0 Å². The Morgan fingerprint density at radius 3 is 2.84 bits per heavy atom. The van der Waals surface area contributed by atoms with Crippen molar-refractivity contribution < 1.29 is 13.2 Å². The van der Waals surface area contributed by atoms with Gasteiger partial charge in [-0.25, -0.2) is 8.78 Å². The van der Waals surface area contributed by atoms with E-state index in [4.69, 9.17) is 10.2 Å². The second-order valence-corrected chi connectivity index (χ2v) is 3.97. The summed E-state index contributed by atoms with van der Waals surface area (Å²) in [7, 11) is 0. The zero-order valence-electron chi connectivity index (χ0n) is 9.65. The molecule has 0 saturated carbocycles. The highest BCUT2D eigenvalue weighted by Crippen LogP contribution is 2.25. The Morgan fingerprint density at radius 2 is 2.00 bits per heavy atom. The molecular weight excluding hydrogens is 252 g/mol. The van der Waals surface area contributed by atoms with Crippen LogP contribution in [0.1, 0.15) is 0 Å². The summed E-state index contributed by atoms with van der Waals surface area (Å²) < 4.78 is 31.9. The second-order valence-electron chi connectivity index (χ2n) is 3.97. The molecule has 3 rings (SSSR count). The minimum absolute atomic E-state index is 0.0421. The number of anilines is 3. The summed E-state index contributed by atoms with van der Waals surface area (Å²) in [5.41, 5.74) is 7.15. The van der Waals surface area contributed by atoms with E-state index < -0.39 is 11.6 Å². The van der Waals surface area contributed by atoms with Crippen LogP contribution < -0.4 is 11.1 Å². The summed E-state index contributed by atoms with van der Waals surface area (Å²) in [4.78, 5) is 4.10. The molecule has 2 aromatic carbocycles. The number of nitrogens with one attached hydrogen (secondary N) is 1. The average molecular weight is 261 g/mol. The number of oxazole rings is 1. The maximum Gasteiger partial charge on any atom is 0.300 e. The molecular formula is C13H9F2N3O. The maximum absolute atomic E-state index is 13.5. The van der Waals surface area contributed by atoms with Crippen molar-refractivity contribution in [3.63, 3.8) is 0 Å². The largest absolute Gasteiger partial charge is 0.423 e. The van der Waals surface area contributed by atoms with Gasteiger partial charge in [-0.3, -0.25) is 0 Å². The van der Waals surface area contributed by atoms with Crippen LogP contribution in [0.4, 0.5) is 26.2 Å². The minimum Gasteiger partial charge on any atom is -0.423 e. The highest BCUT2D eigenvalue weighted by Gasteiger charge is 2.11. The predicted molar refractivity (Wildman–Crippen MR) is 68.1 cm³/mol. The first-order valence-electron chi connectivity index (χ1n) is 5.50. The van der Waals surface area contributed by atoms with Gasteiger partial charge in [-0.2, -0.15) is 4.98 Å². The molecule has 19 heavy (non-hydrogen) atoms. The Labute approximate surface area is 106 Å². The van der Waals surface area contributed by atoms with Gasteiger partial charge in [0.05, 0.1) is 5.69 Å². The molecule has 1 heterocycles. The number of hydrogen-bond donors (Lipinski definition) is 2. The molecule has 0 amide bonds. The Balaban J connectivity index is 1.99. The average Bonchev–Trinajstić information content (AvgIpc) is 2.76. The van der Waals surface area contributed by atoms with Gasteiger partial charge >= 0.3 is 0 Å². The Hall–Kier alpha value is -2.63. The van der Waals surface area contributed by atoms with Gasteiger partial charge in [0.2, 0.25) is 0 Å². The first kappa shape index (κ1) is 11.5. The van der Waals surface area contributed by atoms with Gasteiger partial charge in [-0.05, 0) is 24.3 Å². The van der Waals surface area contributed by atoms with Crippen molar-refractivity contribution in [2.24, 2.45) is 0 Å². The zero-order chi connectivity index (χ0) is 13.4. The number of nitrogens with two attached hydrogens (primary N) is 1. The molecule has 1 aromatic heterocycles. The monoisotopic (exact) mass is 261 g/mol. The number of benzene rings is 2. The van der Waals surface area contributed by atoms with Crippen molar-refractivity contribution in [3.8, 4) is 0 Å². The van der Waals surface area contributed by atoms with E-state index >= 15 is 0 Å². The third-order valence-electron chi connectivity index (χ3n) is 2.61. The lowest BCUT2D eigenvalue weighted by Crippen LogP contribution is -1.95. The minimum atomic E-state index is -0.982. The smallest absolute Gasteiger partial charge is 0.300 e. The molecule has 0 aliphatic rings. The van der Waals surface area contributed by atoms with E-state index in [9.17, 15) is 8.78 Å². The number of aromatic nitrogens is 1. The van der Waals surface area contributed by atoms with Gasteiger partial charge in [-0.15, -0.1) is 0 Å². The number of fused-ring (bicyclic) bond motifs is 1. The number of hydrogen-bond acceptors (Lipinski definition) is 4. The molecule has 3 aromatic rings. The van der Waals surface area contributed by atoms with Gasteiger partial charge < -0.3 is 15.5 Å². The first-order chi connectivity index (χ1) is 9.13. The lowest BCUT2D eigenvalue weighted by molar-refractivity contribution is 0.510. The molecule has 0 bridgehead atoms. The molecule has 0 aliphatic heterocycles. The molecule has 0 atom stereocenters. The summed E-state index contributed by atoms with van der Waals surface area (Å²) in [5.74, 6) is -1.92. The SMILES string of the molecule is Nc1ccc2nc(Nc3cccc(F)c3F)oc2c1. The number of halogens is 2. The van der Waals surface area contributed by atoms with Gasteiger partial charge in [0, 0.05) is 11.8 Å². The quantitative estimate of drug-likeness (QED) is 0.694. The van der Waals surface area contributed by atoms with Gasteiger partial charge in [-0.1, -0.05) is 6.07 Å². The molecule has 4 nitrogen and oxygen atoms in total. The van der Waals surface area contributed by atoms with Crippen LogP contribution >= 0.6 is 0 Å². The van der Waals surface area contributed by atoms with Gasteiger partial charge in [0.1, 0.15) is 5.52 Å². The highest BCUT2D eigenvalue weighted by molar-refractivity contribution is 5.78. The lowest BCUT2D eigenvalue weighted by atomic mass is 10.3. The standard InChI is InChI=1S/C13H9F2N3O/c14-8-2-1-3-10(12(8)15)18-13-17-9-5-4-7(16)6-11(9)19-13/h1-6H,16H2,(H,17,18). The van der Waals surface area contributed by atoms with Crippen LogP contribution in [-0.4, -0.2) is 4.98 Å². The summed E-state index contributed by atoms with van der Waals surface area (Å²) in [6.07, 6.45) is 0. The van der Waals surface area contributed by atoms with Crippen LogP contribution in [0.5, 0.6) is 0 Å². The maximum atomic E-state index is 13.5. The summed E-state index contributed by atoms with van der Waals surface area (Å²) in [6.45, 7) is 0. The van der Waals surface area contributed by atoms with E-state index in [-0.39, 0.29) is 11.7 Å². The molecule has 0 spiro atoms. The van der Waals surface area contributed by atoms with Crippen LogP contribution in [0.2, 0.25) is 0 Å². The van der Waals surface area contributed by atoms with E-state index in [1.54, 1.807) is 18.2 Å². The summed E-state index contributed by atoms with van der Waals surface area (Å²) >= 11 is 0. The van der Waals surface area contributed by atoms with Crippen molar-refractivity contribution in [2.45, 2.75) is 0 Å². The van der Waals surface area contributed by atoms with Crippen molar-refractivity contribution in [1.82, 2.24) is 4.98 Å². The number of nitrogens with zero attached hydrogens (tertiary/aromatic N) is 1. The highest BCUT2D eigenvalue weighted by atomic mass is 19.2. The third-order valence-corrected chi connectivity index (χ3v) is 2.61. The lowest BCUT2D eigenvalue weighted by Gasteiger charge is -2.02. The van der Waals surface area contributed by atoms with Crippen molar-refractivity contribution in [3.05, 3.63) is 48.0 Å². The molecule has 0 radical (unpaired) electrons. The van der Waals surface area contributed by atoms with E-state index in [0.717, 1.165) is 6.07 Å². The third kappa shape index (κ3) is 2.08. The zero-order valence-corrected chi connectivity index (χ0v) is 9.65. The molecule has 3 N–H and O–H groups in total. The van der Waals surface area contributed by atoms with E-state index in [1.807, 2.05) is 0 Å². The summed E-state index contributed by atoms with van der Waals surface area (Å²) in [5, 5.41) is 2.59. The molecule has 0 saturated heterocycles. The molecule has 0 unspecified atom stereocenters. The molecule has 96 valence electrons. The van der Waals surface area contributed by atoms with Crippen LogP contribution in [0.3, 0.4) is 0 Å². The molecule has 6 heteroatoms. The van der Waals surface area contributed by atoms with Crippen LogP contribution in [0.15, 0.2) is 40.8 Å². The predicted octanol–water partition coefficient (Wildman–Crippen LogP) is 3.43. The van der Waals surface area contributed by atoms with Gasteiger partial charge in [0.15, 0.2) is 17.2 Å². The Kier molecular flexibility index (Phi) is 2.56.